The maximum Gasteiger partial charge on any atom is 0.322 e. The number of hydrogen-bond donors (Lipinski definition) is 2. The van der Waals surface area contributed by atoms with Crippen LogP contribution in [0.15, 0.2) is 0 Å². The fraction of sp³-hybridized carbons (Fsp3) is 0.909. The molecule has 18 heavy (non-hydrogen) atoms. The second-order valence-electron chi connectivity index (χ2n) is 5.08. The van der Waals surface area contributed by atoms with Gasteiger partial charge in [-0.15, -0.1) is 0 Å². The Morgan fingerprint density at radius 3 is 2.78 bits per heavy atom. The third kappa shape index (κ3) is 4.91. The summed E-state index contributed by atoms with van der Waals surface area (Å²) in [6, 6.07) is 0. The monoisotopic (exact) mass is 279 g/mol. The Morgan fingerprint density at radius 2 is 2.22 bits per heavy atom. The van der Waals surface area contributed by atoms with Crippen molar-refractivity contribution in [1.29, 1.82) is 0 Å². The molecule has 1 saturated carbocycles. The number of nitrogens with one attached hydrogen (secondary N) is 1. The molecule has 2 unspecified atom stereocenters. The van der Waals surface area contributed by atoms with E-state index < -0.39 is 27.3 Å². The molecular formula is C11H21NO5S. The Morgan fingerprint density at radius 1 is 1.56 bits per heavy atom. The van der Waals surface area contributed by atoms with E-state index in [0.717, 1.165) is 20.0 Å². The Labute approximate surface area is 108 Å². The summed E-state index contributed by atoms with van der Waals surface area (Å²) in [5, 5.41) is 10.3. The number of carbonyl (C=O) groups excluding carboxylic acids is 1. The molecule has 1 aliphatic carbocycles. The molecule has 0 aliphatic heterocycles. The average Bonchev–Trinajstić information content (AvgIpc) is 2.26. The summed E-state index contributed by atoms with van der Waals surface area (Å²) in [4.78, 5) is 10.9. The highest BCUT2D eigenvalue weighted by atomic mass is 32.2. The van der Waals surface area contributed by atoms with E-state index >= 15 is 0 Å². The highest BCUT2D eigenvalue weighted by Gasteiger charge is 2.33. The summed E-state index contributed by atoms with van der Waals surface area (Å²) in [5.41, 5.74) is -0.999. The number of ether oxygens (including phenoxy) is 1. The van der Waals surface area contributed by atoms with Gasteiger partial charge in [0, 0.05) is 6.54 Å². The first-order valence-corrected chi connectivity index (χ1v) is 7.68. The molecule has 1 fully saturated rings. The topological polar surface area (TPSA) is 92.7 Å². The van der Waals surface area contributed by atoms with Crippen LogP contribution < -0.4 is 4.72 Å². The third-order valence-corrected chi connectivity index (χ3v) is 4.42. The number of methoxy groups -OCH3 is 1. The number of carbonyl (C=O) groups is 1. The van der Waals surface area contributed by atoms with E-state index in [0.29, 0.717) is 18.8 Å². The van der Waals surface area contributed by atoms with E-state index in [-0.39, 0.29) is 6.54 Å². The van der Waals surface area contributed by atoms with Gasteiger partial charge in [-0.2, -0.15) is 0 Å². The Bertz CT molecular complexity index is 394. The van der Waals surface area contributed by atoms with Gasteiger partial charge in [-0.25, -0.2) is 13.1 Å². The SMILES string of the molecule is COC(=O)CS(=O)(=O)NCC1(O)CCCC(C)C1. The molecule has 2 atom stereocenters. The molecule has 6 nitrogen and oxygen atoms in total. The predicted octanol–water partition coefficient (Wildman–Crippen LogP) is 0.0200. The minimum absolute atomic E-state index is 0.0450. The Balaban J connectivity index is 2.51. The van der Waals surface area contributed by atoms with Gasteiger partial charge in [-0.05, 0) is 18.8 Å². The van der Waals surface area contributed by atoms with E-state index in [1.165, 1.54) is 0 Å². The van der Waals surface area contributed by atoms with Crippen molar-refractivity contribution >= 4 is 16.0 Å². The van der Waals surface area contributed by atoms with Crippen molar-refractivity contribution < 1.29 is 23.1 Å². The highest BCUT2D eigenvalue weighted by Crippen LogP contribution is 2.31. The Hall–Kier alpha value is -0.660. The first kappa shape index (κ1) is 15.4. The number of aliphatic hydroxyl groups is 1. The van der Waals surface area contributed by atoms with E-state index in [2.05, 4.69) is 9.46 Å². The van der Waals surface area contributed by atoms with E-state index in [9.17, 15) is 18.3 Å². The summed E-state index contributed by atoms with van der Waals surface area (Å²) in [5.74, 6) is -1.14. The second kappa shape index (κ2) is 5.99. The van der Waals surface area contributed by atoms with Crippen molar-refractivity contribution in [3.63, 3.8) is 0 Å². The van der Waals surface area contributed by atoms with Gasteiger partial charge in [0.2, 0.25) is 10.0 Å². The van der Waals surface area contributed by atoms with E-state index in [1.807, 2.05) is 6.92 Å². The minimum atomic E-state index is -3.73. The lowest BCUT2D eigenvalue weighted by molar-refractivity contribution is -0.137. The molecule has 0 radical (unpaired) electrons. The lowest BCUT2D eigenvalue weighted by Gasteiger charge is -2.35. The van der Waals surface area contributed by atoms with Gasteiger partial charge in [0.1, 0.15) is 0 Å². The average molecular weight is 279 g/mol. The number of sulfonamides is 1. The molecule has 0 aromatic heterocycles. The van der Waals surface area contributed by atoms with Crippen LogP contribution in [-0.2, 0) is 19.6 Å². The van der Waals surface area contributed by atoms with Gasteiger partial charge in [0.15, 0.2) is 5.75 Å². The number of hydrogen-bond acceptors (Lipinski definition) is 5. The number of esters is 1. The molecule has 7 heteroatoms. The third-order valence-electron chi connectivity index (χ3n) is 3.22. The van der Waals surface area contributed by atoms with Crippen molar-refractivity contribution in [2.45, 2.75) is 38.2 Å². The fourth-order valence-corrected chi connectivity index (χ4v) is 3.32. The van der Waals surface area contributed by atoms with Crippen LogP contribution in [-0.4, -0.2) is 44.5 Å². The van der Waals surface area contributed by atoms with Crippen molar-refractivity contribution in [2.75, 3.05) is 19.4 Å². The molecule has 0 saturated heterocycles. The maximum atomic E-state index is 11.5. The van der Waals surface area contributed by atoms with Gasteiger partial charge < -0.3 is 9.84 Å². The largest absolute Gasteiger partial charge is 0.468 e. The molecule has 2 N–H and O–H groups in total. The summed E-state index contributed by atoms with van der Waals surface area (Å²) in [7, 11) is -2.60. The van der Waals surface area contributed by atoms with Gasteiger partial charge in [-0.3, -0.25) is 4.79 Å². The summed E-state index contributed by atoms with van der Waals surface area (Å²) in [6.45, 7) is 1.99. The zero-order valence-corrected chi connectivity index (χ0v) is 11.6. The van der Waals surface area contributed by atoms with Crippen LogP contribution >= 0.6 is 0 Å². The van der Waals surface area contributed by atoms with Crippen LogP contribution in [0.2, 0.25) is 0 Å². The number of rotatable bonds is 5. The summed E-state index contributed by atoms with van der Waals surface area (Å²) in [6.07, 6.45) is 3.10. The summed E-state index contributed by atoms with van der Waals surface area (Å²) < 4.78 is 29.7. The predicted molar refractivity (Wildman–Crippen MR) is 66.4 cm³/mol. The van der Waals surface area contributed by atoms with Crippen LogP contribution in [0.3, 0.4) is 0 Å². The van der Waals surface area contributed by atoms with Gasteiger partial charge in [0.25, 0.3) is 0 Å². The van der Waals surface area contributed by atoms with Crippen LogP contribution in [0.5, 0.6) is 0 Å². The molecule has 0 heterocycles. The zero-order chi connectivity index (χ0) is 13.8. The Kier molecular flexibility index (Phi) is 5.12. The van der Waals surface area contributed by atoms with Crippen molar-refractivity contribution in [3.8, 4) is 0 Å². The van der Waals surface area contributed by atoms with Crippen molar-refractivity contribution in [3.05, 3.63) is 0 Å². The fourth-order valence-electron chi connectivity index (χ4n) is 2.30. The highest BCUT2D eigenvalue weighted by molar-refractivity contribution is 7.90. The van der Waals surface area contributed by atoms with Crippen molar-refractivity contribution in [1.82, 2.24) is 4.72 Å². The van der Waals surface area contributed by atoms with Gasteiger partial charge >= 0.3 is 5.97 Å². The minimum Gasteiger partial charge on any atom is -0.468 e. The van der Waals surface area contributed by atoms with Gasteiger partial charge in [0.05, 0.1) is 12.7 Å². The van der Waals surface area contributed by atoms with Crippen LogP contribution in [0.4, 0.5) is 0 Å². The van der Waals surface area contributed by atoms with E-state index in [1.54, 1.807) is 0 Å². The zero-order valence-electron chi connectivity index (χ0n) is 10.8. The van der Waals surface area contributed by atoms with Crippen LogP contribution in [0, 0.1) is 5.92 Å². The van der Waals surface area contributed by atoms with Crippen LogP contribution in [0.25, 0.3) is 0 Å². The molecule has 106 valence electrons. The normalized spacial score (nSPS) is 28.9. The van der Waals surface area contributed by atoms with Crippen molar-refractivity contribution in [2.24, 2.45) is 5.92 Å². The van der Waals surface area contributed by atoms with Gasteiger partial charge in [-0.1, -0.05) is 19.8 Å². The smallest absolute Gasteiger partial charge is 0.322 e. The molecule has 1 aliphatic rings. The molecule has 0 aromatic rings. The molecular weight excluding hydrogens is 258 g/mol. The summed E-state index contributed by atoms with van der Waals surface area (Å²) >= 11 is 0. The first-order chi connectivity index (χ1) is 8.26. The lowest BCUT2D eigenvalue weighted by Crippen LogP contribution is -2.46. The van der Waals surface area contributed by atoms with E-state index in [4.69, 9.17) is 0 Å². The second-order valence-corrected chi connectivity index (χ2v) is 6.89. The van der Waals surface area contributed by atoms with Crippen LogP contribution in [0.1, 0.15) is 32.6 Å². The molecule has 1 rings (SSSR count). The molecule has 0 bridgehead atoms. The standard InChI is InChI=1S/C11H21NO5S/c1-9-4-3-5-11(14,6-9)8-12-18(15,16)7-10(13)17-2/h9,12,14H,3-8H2,1-2H3. The quantitative estimate of drug-likeness (QED) is 0.692. The lowest BCUT2D eigenvalue weighted by atomic mass is 9.79. The maximum absolute atomic E-state index is 11.5. The molecule has 0 amide bonds. The molecule has 0 aromatic carbocycles. The molecule has 0 spiro atoms. The first-order valence-electron chi connectivity index (χ1n) is 6.03.